The molecule has 1 N–H and O–H groups in total. The number of rotatable bonds is 6. The Balaban J connectivity index is 1.90. The Kier molecular flexibility index (Phi) is 5.94. The van der Waals surface area contributed by atoms with Gasteiger partial charge in [-0.05, 0) is 17.5 Å². The van der Waals surface area contributed by atoms with Crippen LogP contribution >= 0.6 is 15.9 Å². The van der Waals surface area contributed by atoms with E-state index in [9.17, 15) is 9.90 Å². The molecule has 0 fully saturated rings. The Morgan fingerprint density at radius 3 is 2.12 bits per heavy atom. The van der Waals surface area contributed by atoms with Crippen molar-refractivity contribution in [2.75, 3.05) is 0 Å². The molecule has 4 heteroatoms. The van der Waals surface area contributed by atoms with Gasteiger partial charge < -0.3 is 9.52 Å². The Morgan fingerprint density at radius 1 is 1.00 bits per heavy atom. The van der Waals surface area contributed by atoms with Gasteiger partial charge in [-0.25, -0.2) is 4.79 Å². The zero-order chi connectivity index (χ0) is 18.5. The molecule has 1 aromatic heterocycles. The summed E-state index contributed by atoms with van der Waals surface area (Å²) in [7, 11) is 0. The summed E-state index contributed by atoms with van der Waals surface area (Å²) in [5.41, 5.74) is 1.94. The van der Waals surface area contributed by atoms with Crippen LogP contribution in [0.15, 0.2) is 75.9 Å². The molecule has 0 bridgehead atoms. The molecule has 2 atom stereocenters. The van der Waals surface area contributed by atoms with E-state index < -0.39 is 5.63 Å². The van der Waals surface area contributed by atoms with E-state index in [1.165, 1.54) is 0 Å². The van der Waals surface area contributed by atoms with Gasteiger partial charge in [-0.1, -0.05) is 83.5 Å². The van der Waals surface area contributed by atoms with Crippen LogP contribution in [0.2, 0.25) is 0 Å². The summed E-state index contributed by atoms with van der Waals surface area (Å²) in [6.45, 7) is 1.99. The first kappa shape index (κ1) is 18.5. The van der Waals surface area contributed by atoms with Crippen LogP contribution in [0.25, 0.3) is 0 Å². The number of aromatic hydroxyl groups is 1. The third-order valence-corrected chi connectivity index (χ3v) is 5.37. The number of hydrogen-bond donors (Lipinski definition) is 1. The summed E-state index contributed by atoms with van der Waals surface area (Å²) < 4.78 is 5.54. The third kappa shape index (κ3) is 4.07. The van der Waals surface area contributed by atoms with Crippen LogP contribution in [0, 0.1) is 0 Å². The zero-order valence-corrected chi connectivity index (χ0v) is 16.1. The largest absolute Gasteiger partial charge is 0.507 e. The minimum absolute atomic E-state index is 0.000264. The molecule has 0 radical (unpaired) electrons. The van der Waals surface area contributed by atoms with E-state index in [1.807, 2.05) is 67.6 Å². The second-order valence-corrected chi connectivity index (χ2v) is 7.36. The standard InChI is InChI=1S/C22H21BrO3/c1-2-18(15-9-5-3-6-10-15)21-20(24)14-17(26-22(21)25)13-19(23)16-11-7-4-8-12-16/h3-12,14,18-19,24H,2,13H2,1H3. The van der Waals surface area contributed by atoms with Gasteiger partial charge in [0.25, 0.3) is 0 Å². The second-order valence-electron chi connectivity index (χ2n) is 6.25. The second kappa shape index (κ2) is 8.37. The molecule has 0 saturated heterocycles. The molecule has 0 aliphatic heterocycles. The predicted molar refractivity (Wildman–Crippen MR) is 107 cm³/mol. The van der Waals surface area contributed by atoms with Crippen molar-refractivity contribution in [1.29, 1.82) is 0 Å². The topological polar surface area (TPSA) is 50.4 Å². The van der Waals surface area contributed by atoms with Crippen molar-refractivity contribution in [3.63, 3.8) is 0 Å². The van der Waals surface area contributed by atoms with Gasteiger partial charge in [0.2, 0.25) is 0 Å². The highest BCUT2D eigenvalue weighted by atomic mass is 79.9. The van der Waals surface area contributed by atoms with Crippen molar-refractivity contribution >= 4 is 15.9 Å². The number of benzene rings is 2. The zero-order valence-electron chi connectivity index (χ0n) is 14.6. The summed E-state index contributed by atoms with van der Waals surface area (Å²) in [6, 6.07) is 21.2. The molecule has 2 unspecified atom stereocenters. The highest BCUT2D eigenvalue weighted by molar-refractivity contribution is 9.09. The van der Waals surface area contributed by atoms with Crippen molar-refractivity contribution in [3.8, 4) is 5.75 Å². The smallest absolute Gasteiger partial charge is 0.343 e. The SMILES string of the molecule is CCC(c1ccccc1)c1c(O)cc(CC(Br)c2ccccc2)oc1=O. The minimum atomic E-state index is -0.469. The quantitative estimate of drug-likeness (QED) is 0.538. The van der Waals surface area contributed by atoms with Gasteiger partial charge >= 0.3 is 5.63 Å². The summed E-state index contributed by atoms with van der Waals surface area (Å²) in [4.78, 5) is 12.6. The average molecular weight is 413 g/mol. The van der Waals surface area contributed by atoms with Gasteiger partial charge in [-0.15, -0.1) is 0 Å². The number of halogens is 1. The Morgan fingerprint density at radius 2 is 1.58 bits per heavy atom. The maximum absolute atomic E-state index is 12.6. The van der Waals surface area contributed by atoms with E-state index >= 15 is 0 Å². The summed E-state index contributed by atoms with van der Waals surface area (Å²) in [5, 5.41) is 10.5. The Hall–Kier alpha value is -2.33. The normalized spacial score (nSPS) is 13.3. The molecule has 26 heavy (non-hydrogen) atoms. The van der Waals surface area contributed by atoms with Gasteiger partial charge in [0.1, 0.15) is 11.5 Å². The number of hydrogen-bond acceptors (Lipinski definition) is 3. The van der Waals surface area contributed by atoms with Crippen molar-refractivity contribution < 1.29 is 9.52 Å². The molecule has 3 aromatic rings. The van der Waals surface area contributed by atoms with E-state index in [1.54, 1.807) is 6.07 Å². The first-order valence-corrected chi connectivity index (χ1v) is 9.61. The van der Waals surface area contributed by atoms with E-state index in [0.717, 1.165) is 11.1 Å². The molecule has 134 valence electrons. The van der Waals surface area contributed by atoms with Gasteiger partial charge in [0, 0.05) is 23.2 Å². The van der Waals surface area contributed by atoms with Gasteiger partial charge in [0.05, 0.1) is 5.56 Å². The van der Waals surface area contributed by atoms with Crippen molar-refractivity contribution in [2.45, 2.75) is 30.5 Å². The third-order valence-electron chi connectivity index (χ3n) is 4.52. The lowest BCUT2D eigenvalue weighted by atomic mass is 9.89. The molecule has 0 aliphatic rings. The van der Waals surface area contributed by atoms with Crippen molar-refractivity contribution in [1.82, 2.24) is 0 Å². The van der Waals surface area contributed by atoms with E-state index in [0.29, 0.717) is 24.2 Å². The molecule has 1 heterocycles. The molecular formula is C22H21BrO3. The molecule has 3 rings (SSSR count). The molecule has 0 saturated carbocycles. The maximum atomic E-state index is 12.6. The fourth-order valence-electron chi connectivity index (χ4n) is 3.21. The first-order chi connectivity index (χ1) is 12.6. The fraction of sp³-hybridized carbons (Fsp3) is 0.227. The highest BCUT2D eigenvalue weighted by Gasteiger charge is 2.22. The molecular weight excluding hydrogens is 392 g/mol. The van der Waals surface area contributed by atoms with Crippen molar-refractivity contribution in [3.05, 3.63) is 99.6 Å². The van der Waals surface area contributed by atoms with E-state index in [2.05, 4.69) is 15.9 Å². The van der Waals surface area contributed by atoms with Crippen LogP contribution in [0.3, 0.4) is 0 Å². The van der Waals surface area contributed by atoms with E-state index in [4.69, 9.17) is 4.42 Å². The maximum Gasteiger partial charge on any atom is 0.343 e. The molecule has 0 aliphatic carbocycles. The Bertz CT molecular complexity index is 904. The van der Waals surface area contributed by atoms with Crippen LogP contribution in [-0.4, -0.2) is 5.11 Å². The lowest BCUT2D eigenvalue weighted by Crippen LogP contribution is -2.15. The van der Waals surface area contributed by atoms with Crippen LogP contribution in [0.5, 0.6) is 5.75 Å². The highest BCUT2D eigenvalue weighted by Crippen LogP contribution is 2.33. The number of alkyl halides is 1. The minimum Gasteiger partial charge on any atom is -0.507 e. The molecule has 3 nitrogen and oxygen atoms in total. The van der Waals surface area contributed by atoms with Gasteiger partial charge in [0.15, 0.2) is 0 Å². The lowest BCUT2D eigenvalue weighted by molar-refractivity contribution is 0.406. The molecule has 0 spiro atoms. The Labute approximate surface area is 161 Å². The fourth-order valence-corrected chi connectivity index (χ4v) is 3.83. The summed E-state index contributed by atoms with van der Waals surface area (Å²) in [6.07, 6.45) is 1.18. The van der Waals surface area contributed by atoms with Gasteiger partial charge in [-0.3, -0.25) is 0 Å². The van der Waals surface area contributed by atoms with Gasteiger partial charge in [-0.2, -0.15) is 0 Å². The lowest BCUT2D eigenvalue weighted by Gasteiger charge is -2.17. The van der Waals surface area contributed by atoms with Crippen LogP contribution < -0.4 is 5.63 Å². The molecule has 0 amide bonds. The first-order valence-electron chi connectivity index (χ1n) is 8.70. The van der Waals surface area contributed by atoms with Crippen LogP contribution in [0.4, 0.5) is 0 Å². The predicted octanol–water partition coefficient (Wildman–Crippen LogP) is 5.57. The monoisotopic (exact) mass is 412 g/mol. The van der Waals surface area contributed by atoms with Crippen LogP contribution in [-0.2, 0) is 6.42 Å². The van der Waals surface area contributed by atoms with Crippen LogP contribution in [0.1, 0.15) is 46.5 Å². The summed E-state index contributed by atoms with van der Waals surface area (Å²) in [5.74, 6) is 0.278. The molecule has 2 aromatic carbocycles. The van der Waals surface area contributed by atoms with E-state index in [-0.39, 0.29) is 16.5 Å². The van der Waals surface area contributed by atoms with Crippen molar-refractivity contribution in [2.24, 2.45) is 0 Å². The summed E-state index contributed by atoms with van der Waals surface area (Å²) >= 11 is 3.63. The average Bonchev–Trinajstić information content (AvgIpc) is 2.66.